The molecular weight excluding hydrogens is 336 g/mol. The van der Waals surface area contributed by atoms with Gasteiger partial charge < -0.3 is 20.5 Å². The number of benzene rings is 1. The van der Waals surface area contributed by atoms with Crippen LogP contribution in [0.4, 0.5) is 0 Å². The first-order valence-electron chi connectivity index (χ1n) is 6.92. The van der Waals surface area contributed by atoms with E-state index in [9.17, 15) is 4.79 Å². The van der Waals surface area contributed by atoms with Gasteiger partial charge in [-0.15, -0.1) is 0 Å². The van der Waals surface area contributed by atoms with E-state index in [1.54, 1.807) is 14.0 Å². The molecule has 1 amide bonds. The molecule has 3 N–H and O–H groups in total. The van der Waals surface area contributed by atoms with Crippen LogP contribution in [0, 0.1) is 0 Å². The first kappa shape index (κ1) is 17.9. The predicted octanol–water partition coefficient (Wildman–Crippen LogP) is 1.87. The van der Waals surface area contributed by atoms with Crippen LogP contribution in [0.5, 0.6) is 5.75 Å². The summed E-state index contributed by atoms with van der Waals surface area (Å²) >= 11 is 3.46. The van der Waals surface area contributed by atoms with Crippen LogP contribution in [0.3, 0.4) is 0 Å². The summed E-state index contributed by atoms with van der Waals surface area (Å²) in [7, 11) is 1.59. The molecule has 0 bridgehead atoms. The van der Waals surface area contributed by atoms with Gasteiger partial charge >= 0.3 is 0 Å². The Morgan fingerprint density at radius 2 is 2.14 bits per heavy atom. The Balaban J connectivity index is 2.74. The van der Waals surface area contributed by atoms with Crippen LogP contribution >= 0.6 is 15.9 Å². The Labute approximate surface area is 134 Å². The Morgan fingerprint density at radius 3 is 2.76 bits per heavy atom. The molecule has 6 heteroatoms. The third-order valence-corrected chi connectivity index (χ3v) is 3.48. The van der Waals surface area contributed by atoms with E-state index in [2.05, 4.69) is 21.2 Å². The lowest BCUT2D eigenvalue weighted by atomic mass is 10.1. The first-order chi connectivity index (χ1) is 9.95. The minimum atomic E-state index is -0.590. The van der Waals surface area contributed by atoms with Crippen LogP contribution in [-0.4, -0.2) is 38.3 Å². The molecule has 2 unspecified atom stereocenters. The van der Waals surface area contributed by atoms with Crippen LogP contribution in [-0.2, 0) is 16.0 Å². The number of methoxy groups -OCH3 is 1. The molecule has 0 aliphatic heterocycles. The zero-order chi connectivity index (χ0) is 15.8. The molecular formula is C15H23BrN2O3. The summed E-state index contributed by atoms with van der Waals surface area (Å²) in [5.74, 6) is 0.499. The zero-order valence-electron chi connectivity index (χ0n) is 12.7. The predicted molar refractivity (Wildman–Crippen MR) is 86.5 cm³/mol. The first-order valence-corrected chi connectivity index (χ1v) is 7.71. The van der Waals surface area contributed by atoms with E-state index in [1.807, 2.05) is 25.1 Å². The summed E-state index contributed by atoms with van der Waals surface area (Å²) in [6, 6.07) is 5.79. The van der Waals surface area contributed by atoms with Crippen molar-refractivity contribution < 1.29 is 14.3 Å². The number of halogens is 1. The van der Waals surface area contributed by atoms with Crippen LogP contribution in [0.25, 0.3) is 0 Å². The van der Waals surface area contributed by atoms with E-state index in [0.29, 0.717) is 25.3 Å². The number of nitrogens with two attached hydrogens (primary N) is 1. The maximum atomic E-state index is 11.9. The number of nitrogens with one attached hydrogen (secondary N) is 1. The van der Waals surface area contributed by atoms with Gasteiger partial charge in [0, 0.05) is 19.7 Å². The van der Waals surface area contributed by atoms with Gasteiger partial charge in [0.1, 0.15) is 5.75 Å². The van der Waals surface area contributed by atoms with E-state index >= 15 is 0 Å². The highest BCUT2D eigenvalue weighted by molar-refractivity contribution is 9.10. The number of ether oxygens (including phenoxy) is 2. The molecule has 1 aromatic rings. The third-order valence-electron chi connectivity index (χ3n) is 2.86. The van der Waals surface area contributed by atoms with E-state index < -0.39 is 6.10 Å². The molecule has 5 nitrogen and oxygen atoms in total. The fourth-order valence-electron chi connectivity index (χ4n) is 1.84. The zero-order valence-corrected chi connectivity index (χ0v) is 14.3. The minimum Gasteiger partial charge on any atom is -0.479 e. The molecule has 21 heavy (non-hydrogen) atoms. The van der Waals surface area contributed by atoms with Crippen molar-refractivity contribution in [2.45, 2.75) is 32.4 Å². The Morgan fingerprint density at radius 1 is 1.43 bits per heavy atom. The SMILES string of the molecule is COCCNC(=O)C(C)Oc1c(Br)cccc1CC(C)N. The van der Waals surface area contributed by atoms with E-state index in [1.165, 1.54) is 0 Å². The summed E-state index contributed by atoms with van der Waals surface area (Å²) < 4.78 is 11.5. The lowest BCUT2D eigenvalue weighted by molar-refractivity contribution is -0.127. The maximum absolute atomic E-state index is 11.9. The quantitative estimate of drug-likeness (QED) is 0.695. The van der Waals surface area contributed by atoms with Gasteiger partial charge in [-0.3, -0.25) is 4.79 Å². The molecule has 118 valence electrons. The van der Waals surface area contributed by atoms with Crippen molar-refractivity contribution in [2.24, 2.45) is 5.73 Å². The van der Waals surface area contributed by atoms with E-state index in [-0.39, 0.29) is 11.9 Å². The highest BCUT2D eigenvalue weighted by Crippen LogP contribution is 2.30. The average Bonchev–Trinajstić information content (AvgIpc) is 2.42. The molecule has 2 atom stereocenters. The van der Waals surface area contributed by atoms with Gasteiger partial charge in [0.2, 0.25) is 0 Å². The molecule has 0 saturated heterocycles. The summed E-state index contributed by atoms with van der Waals surface area (Å²) in [6.07, 6.45) is 0.0969. The van der Waals surface area contributed by atoms with Gasteiger partial charge in [-0.25, -0.2) is 0 Å². The minimum absolute atomic E-state index is 0.0208. The Kier molecular flexibility index (Phi) is 7.71. The maximum Gasteiger partial charge on any atom is 0.260 e. The third kappa shape index (κ3) is 6.03. The van der Waals surface area contributed by atoms with Gasteiger partial charge in [-0.05, 0) is 47.8 Å². The monoisotopic (exact) mass is 358 g/mol. The lowest BCUT2D eigenvalue weighted by Gasteiger charge is -2.19. The van der Waals surface area contributed by atoms with E-state index in [0.717, 1.165) is 10.0 Å². The summed E-state index contributed by atoms with van der Waals surface area (Å²) in [4.78, 5) is 11.9. The summed E-state index contributed by atoms with van der Waals surface area (Å²) in [5.41, 5.74) is 6.83. The van der Waals surface area contributed by atoms with Crippen molar-refractivity contribution in [2.75, 3.05) is 20.3 Å². The largest absolute Gasteiger partial charge is 0.479 e. The van der Waals surface area contributed by atoms with Crippen LogP contribution in [0.1, 0.15) is 19.4 Å². The van der Waals surface area contributed by atoms with Crippen LogP contribution in [0.2, 0.25) is 0 Å². The fourth-order valence-corrected chi connectivity index (χ4v) is 2.34. The molecule has 1 rings (SSSR count). The molecule has 0 saturated carbocycles. The van der Waals surface area contributed by atoms with Crippen molar-refractivity contribution in [3.05, 3.63) is 28.2 Å². The molecule has 0 radical (unpaired) electrons. The van der Waals surface area contributed by atoms with Crippen molar-refractivity contribution in [3.63, 3.8) is 0 Å². The number of hydrogen-bond donors (Lipinski definition) is 2. The van der Waals surface area contributed by atoms with Crippen molar-refractivity contribution in [1.29, 1.82) is 0 Å². The molecule has 0 aliphatic carbocycles. The fraction of sp³-hybridized carbons (Fsp3) is 0.533. The second-order valence-electron chi connectivity index (χ2n) is 4.95. The number of amides is 1. The van der Waals surface area contributed by atoms with Gasteiger partial charge in [-0.2, -0.15) is 0 Å². The number of carbonyl (C=O) groups is 1. The van der Waals surface area contributed by atoms with E-state index in [4.69, 9.17) is 15.2 Å². The van der Waals surface area contributed by atoms with Crippen molar-refractivity contribution >= 4 is 21.8 Å². The van der Waals surface area contributed by atoms with Gasteiger partial charge in [0.25, 0.3) is 5.91 Å². The number of carbonyl (C=O) groups excluding carboxylic acids is 1. The van der Waals surface area contributed by atoms with Crippen molar-refractivity contribution in [3.8, 4) is 5.75 Å². The number of para-hydroxylation sites is 1. The van der Waals surface area contributed by atoms with Gasteiger partial charge in [0.05, 0.1) is 11.1 Å². The lowest BCUT2D eigenvalue weighted by Crippen LogP contribution is -2.38. The average molecular weight is 359 g/mol. The molecule has 0 spiro atoms. The molecule has 0 fully saturated rings. The second kappa shape index (κ2) is 9.02. The van der Waals surface area contributed by atoms with Gasteiger partial charge in [-0.1, -0.05) is 12.1 Å². The normalized spacial score (nSPS) is 13.6. The standard InChI is InChI=1S/C15H23BrN2O3/c1-10(17)9-12-5-4-6-13(16)14(12)21-11(2)15(19)18-7-8-20-3/h4-6,10-11H,7-9,17H2,1-3H3,(H,18,19). The molecule has 0 aromatic heterocycles. The number of rotatable bonds is 8. The summed E-state index contributed by atoms with van der Waals surface area (Å²) in [6.45, 7) is 4.60. The van der Waals surface area contributed by atoms with Crippen LogP contribution < -0.4 is 15.8 Å². The Bertz CT molecular complexity index is 466. The van der Waals surface area contributed by atoms with Crippen molar-refractivity contribution in [1.82, 2.24) is 5.32 Å². The molecule has 0 aliphatic rings. The molecule has 1 aromatic carbocycles. The summed E-state index contributed by atoms with van der Waals surface area (Å²) in [5, 5.41) is 2.75. The van der Waals surface area contributed by atoms with Gasteiger partial charge in [0.15, 0.2) is 6.10 Å². The Hall–Kier alpha value is -1.11. The second-order valence-corrected chi connectivity index (χ2v) is 5.81. The number of hydrogen-bond acceptors (Lipinski definition) is 4. The highest BCUT2D eigenvalue weighted by Gasteiger charge is 2.18. The topological polar surface area (TPSA) is 73.6 Å². The smallest absolute Gasteiger partial charge is 0.260 e. The molecule has 0 heterocycles. The highest BCUT2D eigenvalue weighted by atomic mass is 79.9. The van der Waals surface area contributed by atoms with Crippen LogP contribution in [0.15, 0.2) is 22.7 Å².